The number of benzene rings is 1. The fourth-order valence-electron chi connectivity index (χ4n) is 4.31. The Kier molecular flexibility index (Phi) is 7.44. The number of amidine groups is 1. The number of carbonyl (C=O) groups is 2. The van der Waals surface area contributed by atoms with Crippen LogP contribution in [0.4, 0.5) is 32.0 Å². The largest absolute Gasteiger partial charge is 0.467 e. The van der Waals surface area contributed by atoms with Crippen LogP contribution in [0.2, 0.25) is 0 Å². The number of halogens is 6. The maximum absolute atomic E-state index is 15.1. The maximum atomic E-state index is 15.1. The number of nitrogens with zero attached hydrogens (tertiary/aromatic N) is 3. The van der Waals surface area contributed by atoms with E-state index in [2.05, 4.69) is 30.3 Å². The van der Waals surface area contributed by atoms with Gasteiger partial charge < -0.3 is 21.1 Å². The van der Waals surface area contributed by atoms with E-state index in [0.717, 1.165) is 30.2 Å². The summed E-state index contributed by atoms with van der Waals surface area (Å²) in [5.74, 6) is -3.17. The number of carbonyl (C=O) groups excluding carboxylic acids is 2. The highest BCUT2D eigenvalue weighted by Gasteiger charge is 2.70. The quantitative estimate of drug-likeness (QED) is 0.409. The lowest BCUT2D eigenvalue weighted by atomic mass is 9.85. The summed E-state index contributed by atoms with van der Waals surface area (Å²) in [6.45, 7) is 1.15. The first-order valence-corrected chi connectivity index (χ1v) is 12.2. The Balaban J connectivity index is 1.53. The first-order valence-electron chi connectivity index (χ1n) is 11.4. The number of nitrogens with two attached hydrogens (primary N) is 1. The number of aromatic nitrogens is 2. The van der Waals surface area contributed by atoms with Crippen LogP contribution in [-0.4, -0.2) is 56.9 Å². The van der Waals surface area contributed by atoms with E-state index in [4.69, 9.17) is 5.73 Å². The van der Waals surface area contributed by atoms with E-state index in [1.807, 2.05) is 0 Å². The Morgan fingerprint density at radius 3 is 2.59 bits per heavy atom. The Hall–Kier alpha value is -3.56. The lowest BCUT2D eigenvalue weighted by Crippen LogP contribution is -2.48. The Labute approximate surface area is 222 Å². The van der Waals surface area contributed by atoms with Gasteiger partial charge in [-0.2, -0.15) is 13.2 Å². The molecule has 9 nitrogen and oxygen atoms in total. The highest BCUT2D eigenvalue weighted by molar-refractivity contribution is 8.15. The number of aliphatic imine (C=N–C) groups is 1. The van der Waals surface area contributed by atoms with Crippen LogP contribution in [0, 0.1) is 11.7 Å². The number of amides is 2. The van der Waals surface area contributed by atoms with Crippen LogP contribution in [-0.2, 0) is 10.3 Å². The van der Waals surface area contributed by atoms with Crippen molar-refractivity contribution in [3.05, 3.63) is 47.7 Å². The number of thioether (sulfide) groups is 1. The third kappa shape index (κ3) is 5.89. The zero-order valence-electron chi connectivity index (χ0n) is 20.4. The molecular formula is C23H22F6N6O3S. The summed E-state index contributed by atoms with van der Waals surface area (Å²) in [7, 11) is 0. The number of ether oxygens (including phenoxy) is 1. The molecule has 4 rings (SSSR count). The number of fused-ring (bicyclic) bond motifs is 1. The van der Waals surface area contributed by atoms with Crippen LogP contribution in [0.5, 0.6) is 5.88 Å². The van der Waals surface area contributed by atoms with Crippen molar-refractivity contribution in [3.8, 4) is 5.88 Å². The van der Waals surface area contributed by atoms with Crippen molar-refractivity contribution < 1.29 is 40.7 Å². The summed E-state index contributed by atoms with van der Waals surface area (Å²) in [4.78, 5) is 37.3. The molecule has 2 heterocycles. The summed E-state index contributed by atoms with van der Waals surface area (Å²) in [6.07, 6.45) is -5.39. The first kappa shape index (κ1) is 28.4. The molecule has 0 bridgehead atoms. The molecule has 1 aliphatic heterocycles. The van der Waals surface area contributed by atoms with Crippen LogP contribution in [0.3, 0.4) is 0 Å². The van der Waals surface area contributed by atoms with Gasteiger partial charge in [0.15, 0.2) is 11.8 Å². The van der Waals surface area contributed by atoms with Gasteiger partial charge in [-0.05, 0) is 38.5 Å². The molecule has 1 aromatic carbocycles. The number of rotatable bonds is 8. The van der Waals surface area contributed by atoms with Gasteiger partial charge in [0.1, 0.15) is 16.3 Å². The smallest absolute Gasteiger partial charge is 0.422 e. The molecule has 2 amide bonds. The van der Waals surface area contributed by atoms with E-state index >= 15 is 4.39 Å². The minimum Gasteiger partial charge on any atom is -0.467 e. The van der Waals surface area contributed by atoms with Crippen molar-refractivity contribution in [1.29, 1.82) is 0 Å². The van der Waals surface area contributed by atoms with Gasteiger partial charge in [-0.25, -0.2) is 23.1 Å². The standard InChI is InChI=1S/C23H22F6N6O3S/c1-10(17(25)26)33-19(37)22-6-15(22)21(2,35-20(30)39-22)12-5-11(3-4-13(12)24)34-18(36)14-7-32-16(8-31-14)38-9-23(27,28)29/h3-5,7-8,10,15,17H,6,9H2,1-2H3,(H2,30,35)(H,33,37)(H,34,36)/t10-,15+,21-,22+/m1/s1. The molecule has 1 saturated carbocycles. The zero-order chi connectivity index (χ0) is 28.8. The average molecular weight is 577 g/mol. The van der Waals surface area contributed by atoms with E-state index in [0.29, 0.717) is 0 Å². The lowest BCUT2D eigenvalue weighted by molar-refractivity contribution is -0.154. The summed E-state index contributed by atoms with van der Waals surface area (Å²) in [5, 5.41) is 4.75. The van der Waals surface area contributed by atoms with Gasteiger partial charge in [0.2, 0.25) is 11.8 Å². The predicted octanol–water partition coefficient (Wildman–Crippen LogP) is 3.61. The van der Waals surface area contributed by atoms with Crippen molar-refractivity contribution in [2.45, 2.75) is 49.2 Å². The van der Waals surface area contributed by atoms with E-state index in [-0.39, 0.29) is 28.5 Å². The SMILES string of the molecule is C[C@@H](NC(=O)[C@]12C[C@H]1[C@@](C)(c1cc(NC(=O)c3cnc(OCC(F)(F)F)cn3)ccc1F)N=C(N)S2)C(F)F. The Bertz CT molecular complexity index is 1310. The monoisotopic (exact) mass is 576 g/mol. The van der Waals surface area contributed by atoms with Gasteiger partial charge in [0, 0.05) is 17.2 Å². The molecule has 0 spiro atoms. The van der Waals surface area contributed by atoms with Crippen molar-refractivity contribution in [1.82, 2.24) is 15.3 Å². The number of hydrogen-bond acceptors (Lipinski definition) is 8. The summed E-state index contributed by atoms with van der Waals surface area (Å²) in [5.41, 5.74) is 4.49. The minimum absolute atomic E-state index is 0.00659. The molecule has 2 aromatic rings. The lowest BCUT2D eigenvalue weighted by Gasteiger charge is -2.34. The zero-order valence-corrected chi connectivity index (χ0v) is 21.2. The average Bonchev–Trinajstić information content (AvgIpc) is 3.60. The number of hydrogen-bond donors (Lipinski definition) is 3. The van der Waals surface area contributed by atoms with Crippen LogP contribution < -0.4 is 21.1 Å². The third-order valence-corrected chi connectivity index (χ3v) is 7.65. The highest BCUT2D eigenvalue weighted by atomic mass is 32.2. The summed E-state index contributed by atoms with van der Waals surface area (Å²) in [6, 6.07) is 2.24. The predicted molar refractivity (Wildman–Crippen MR) is 129 cm³/mol. The third-order valence-electron chi connectivity index (χ3n) is 6.35. The van der Waals surface area contributed by atoms with Gasteiger partial charge in [-0.15, -0.1) is 0 Å². The molecule has 0 saturated heterocycles. The second-order valence-electron chi connectivity index (χ2n) is 9.23. The number of nitrogens with one attached hydrogen (secondary N) is 2. The molecule has 1 fully saturated rings. The fraction of sp³-hybridized carbons (Fsp3) is 0.435. The van der Waals surface area contributed by atoms with Gasteiger partial charge >= 0.3 is 6.18 Å². The topological polar surface area (TPSA) is 132 Å². The molecule has 2 aliphatic rings. The molecule has 16 heteroatoms. The van der Waals surface area contributed by atoms with Gasteiger partial charge in [-0.1, -0.05) is 11.8 Å². The Morgan fingerprint density at radius 2 is 1.97 bits per heavy atom. The van der Waals surface area contributed by atoms with Crippen molar-refractivity contribution in [2.24, 2.45) is 16.6 Å². The molecule has 0 unspecified atom stereocenters. The molecule has 0 radical (unpaired) electrons. The van der Waals surface area contributed by atoms with E-state index in [1.165, 1.54) is 19.1 Å². The minimum atomic E-state index is -4.57. The van der Waals surface area contributed by atoms with Crippen LogP contribution in [0.1, 0.15) is 36.3 Å². The molecule has 1 aromatic heterocycles. The second kappa shape index (κ2) is 10.2. The van der Waals surface area contributed by atoms with Gasteiger partial charge in [-0.3, -0.25) is 14.6 Å². The molecule has 39 heavy (non-hydrogen) atoms. The van der Waals surface area contributed by atoms with Gasteiger partial charge in [0.05, 0.1) is 24.0 Å². The second-order valence-corrected chi connectivity index (χ2v) is 10.6. The van der Waals surface area contributed by atoms with Crippen molar-refractivity contribution in [3.63, 3.8) is 0 Å². The van der Waals surface area contributed by atoms with Crippen LogP contribution >= 0.6 is 11.8 Å². The molecule has 210 valence electrons. The highest BCUT2D eigenvalue weighted by Crippen LogP contribution is 2.66. The first-order chi connectivity index (χ1) is 18.1. The van der Waals surface area contributed by atoms with Crippen molar-refractivity contribution in [2.75, 3.05) is 11.9 Å². The molecule has 4 atom stereocenters. The molecule has 1 aliphatic carbocycles. The van der Waals surface area contributed by atoms with E-state index < -0.39 is 65.0 Å². The van der Waals surface area contributed by atoms with E-state index in [9.17, 15) is 31.5 Å². The number of anilines is 1. The van der Waals surface area contributed by atoms with E-state index in [1.54, 1.807) is 6.92 Å². The van der Waals surface area contributed by atoms with Gasteiger partial charge in [0.25, 0.3) is 12.3 Å². The van der Waals surface area contributed by atoms with Crippen molar-refractivity contribution >= 4 is 34.4 Å². The summed E-state index contributed by atoms with van der Waals surface area (Å²) < 4.78 is 81.1. The van der Waals surface area contributed by atoms with Crippen LogP contribution in [0.15, 0.2) is 35.6 Å². The Morgan fingerprint density at radius 1 is 1.26 bits per heavy atom. The molecular weight excluding hydrogens is 554 g/mol. The normalized spacial score (nSPS) is 24.8. The summed E-state index contributed by atoms with van der Waals surface area (Å²) >= 11 is 0.936. The maximum Gasteiger partial charge on any atom is 0.422 e. The number of alkyl halides is 5. The molecule has 4 N–H and O–H groups in total. The van der Waals surface area contributed by atoms with Crippen LogP contribution in [0.25, 0.3) is 0 Å². The fourth-order valence-corrected chi connectivity index (χ4v) is 5.69.